The third-order valence-electron chi connectivity index (χ3n) is 6.46. The predicted octanol–water partition coefficient (Wildman–Crippen LogP) is 3.73. The van der Waals surface area contributed by atoms with E-state index in [4.69, 9.17) is 4.74 Å². The molecule has 1 unspecified atom stereocenters. The molecule has 2 aliphatic heterocycles. The monoisotopic (exact) mass is 418 g/mol. The molecule has 3 aromatic rings. The number of rotatable bonds is 4. The van der Waals surface area contributed by atoms with Gasteiger partial charge in [-0.1, -0.05) is 18.7 Å². The van der Waals surface area contributed by atoms with Crippen LogP contribution in [-0.4, -0.2) is 57.4 Å². The molecule has 1 aromatic carbocycles. The Labute approximate surface area is 180 Å². The molecule has 5 rings (SSSR count). The molecule has 2 fully saturated rings. The van der Waals surface area contributed by atoms with Gasteiger partial charge in [0.05, 0.1) is 12.3 Å². The van der Waals surface area contributed by atoms with Gasteiger partial charge in [0.2, 0.25) is 5.91 Å². The highest BCUT2D eigenvalue weighted by Crippen LogP contribution is 2.40. The summed E-state index contributed by atoms with van der Waals surface area (Å²) < 4.78 is 5.82. The van der Waals surface area contributed by atoms with Crippen molar-refractivity contribution in [3.05, 3.63) is 54.2 Å². The standard InChI is InChI=1S/C24H26N4O3/c1-2-21(30)28-10-9-15(13-28)23-22(16-6-5-11-31-14-16)18-12-19(26-27-24(18)25-23)17-7-3-4-8-20(17)29/h2-4,7-8,12,15-16,29H,1,5-6,9-11,13-14H2,(H,25,27)/t15-,16?/m1/s1. The van der Waals surface area contributed by atoms with Gasteiger partial charge in [-0.3, -0.25) is 4.79 Å². The Kier molecular flexibility index (Phi) is 5.19. The van der Waals surface area contributed by atoms with Gasteiger partial charge in [0.1, 0.15) is 5.75 Å². The second kappa shape index (κ2) is 8.15. The predicted molar refractivity (Wildman–Crippen MR) is 118 cm³/mol. The molecule has 0 aliphatic carbocycles. The summed E-state index contributed by atoms with van der Waals surface area (Å²) in [5, 5.41) is 20.1. The van der Waals surface area contributed by atoms with Gasteiger partial charge in [0.25, 0.3) is 0 Å². The van der Waals surface area contributed by atoms with Crippen LogP contribution in [0.4, 0.5) is 0 Å². The van der Waals surface area contributed by atoms with Gasteiger partial charge in [-0.25, -0.2) is 0 Å². The second-order valence-electron chi connectivity index (χ2n) is 8.35. The molecule has 2 aliphatic rings. The number of aromatic amines is 1. The number of nitrogens with one attached hydrogen (secondary N) is 1. The molecule has 7 nitrogen and oxygen atoms in total. The molecule has 31 heavy (non-hydrogen) atoms. The van der Waals surface area contributed by atoms with Crippen LogP contribution in [0.3, 0.4) is 0 Å². The Hall–Kier alpha value is -3.19. The first-order chi connectivity index (χ1) is 15.2. The first-order valence-corrected chi connectivity index (χ1v) is 10.8. The lowest BCUT2D eigenvalue weighted by Crippen LogP contribution is -2.26. The van der Waals surface area contributed by atoms with Crippen molar-refractivity contribution in [1.82, 2.24) is 20.1 Å². The normalized spacial score (nSPS) is 21.5. The number of aromatic nitrogens is 3. The van der Waals surface area contributed by atoms with Crippen molar-refractivity contribution in [3.8, 4) is 17.0 Å². The number of carbonyl (C=O) groups excluding carboxylic acids is 1. The molecule has 0 spiro atoms. The molecule has 160 valence electrons. The summed E-state index contributed by atoms with van der Waals surface area (Å²) in [5.74, 6) is 0.637. The van der Waals surface area contributed by atoms with Gasteiger partial charge in [0.15, 0.2) is 5.65 Å². The lowest BCUT2D eigenvalue weighted by atomic mass is 9.87. The molecule has 1 amide bonds. The first kappa shape index (κ1) is 19.8. The van der Waals surface area contributed by atoms with Crippen molar-refractivity contribution >= 4 is 16.9 Å². The second-order valence-corrected chi connectivity index (χ2v) is 8.35. The number of likely N-dealkylation sites (tertiary alicyclic amines) is 1. The van der Waals surface area contributed by atoms with E-state index in [-0.39, 0.29) is 23.5 Å². The largest absolute Gasteiger partial charge is 0.507 e. The maximum absolute atomic E-state index is 12.1. The van der Waals surface area contributed by atoms with Crippen molar-refractivity contribution < 1.29 is 14.6 Å². The van der Waals surface area contributed by atoms with Crippen LogP contribution in [0, 0.1) is 0 Å². The van der Waals surface area contributed by atoms with Crippen molar-refractivity contribution in [2.75, 3.05) is 26.3 Å². The summed E-state index contributed by atoms with van der Waals surface area (Å²) in [6.45, 7) is 6.48. The molecule has 2 atom stereocenters. The average Bonchev–Trinajstić information content (AvgIpc) is 3.44. The smallest absolute Gasteiger partial charge is 0.245 e. The molecular formula is C24H26N4O3. The number of phenols is 1. The third kappa shape index (κ3) is 3.59. The van der Waals surface area contributed by atoms with E-state index in [1.54, 1.807) is 12.1 Å². The van der Waals surface area contributed by atoms with Crippen LogP contribution < -0.4 is 0 Å². The maximum Gasteiger partial charge on any atom is 0.245 e. The Bertz CT molecular complexity index is 1130. The SMILES string of the molecule is C=CC(=O)N1CC[C@@H](c2[nH]c3nnc(-c4ccccc4O)cc3c2C2CCCOC2)C1. The fraction of sp³-hybridized carbons (Fsp3) is 0.375. The van der Waals surface area contributed by atoms with Gasteiger partial charge < -0.3 is 19.7 Å². The molecule has 0 saturated carbocycles. The van der Waals surface area contributed by atoms with Crippen molar-refractivity contribution in [2.24, 2.45) is 0 Å². The van der Waals surface area contributed by atoms with Crippen molar-refractivity contribution in [2.45, 2.75) is 31.1 Å². The fourth-order valence-electron chi connectivity index (χ4n) is 4.91. The van der Waals surface area contributed by atoms with Gasteiger partial charge in [-0.2, -0.15) is 0 Å². The Morgan fingerprint density at radius 1 is 1.26 bits per heavy atom. The average molecular weight is 418 g/mol. The van der Waals surface area contributed by atoms with E-state index in [2.05, 4.69) is 21.8 Å². The van der Waals surface area contributed by atoms with E-state index in [1.807, 2.05) is 23.1 Å². The van der Waals surface area contributed by atoms with E-state index >= 15 is 0 Å². The summed E-state index contributed by atoms with van der Waals surface area (Å²) in [6, 6.07) is 9.19. The minimum Gasteiger partial charge on any atom is -0.507 e. The number of fused-ring (bicyclic) bond motifs is 1. The summed E-state index contributed by atoms with van der Waals surface area (Å²) in [5.41, 5.74) is 4.40. The number of aromatic hydroxyl groups is 1. The quantitative estimate of drug-likeness (QED) is 0.630. The zero-order valence-corrected chi connectivity index (χ0v) is 17.4. The Morgan fingerprint density at radius 3 is 2.90 bits per heavy atom. The van der Waals surface area contributed by atoms with Crippen LogP contribution in [-0.2, 0) is 9.53 Å². The van der Waals surface area contributed by atoms with Crippen LogP contribution in [0.5, 0.6) is 5.75 Å². The number of phenolic OH excluding ortho intramolecular Hbond substituents is 1. The molecule has 2 aromatic heterocycles. The van der Waals surface area contributed by atoms with Gasteiger partial charge in [0, 0.05) is 48.2 Å². The highest BCUT2D eigenvalue weighted by Gasteiger charge is 2.33. The van der Waals surface area contributed by atoms with Gasteiger partial charge in [-0.05, 0) is 49.1 Å². The van der Waals surface area contributed by atoms with Crippen LogP contribution in [0.1, 0.15) is 42.4 Å². The third-order valence-corrected chi connectivity index (χ3v) is 6.46. The Balaban J connectivity index is 1.61. The number of benzene rings is 1. The zero-order chi connectivity index (χ0) is 21.4. The summed E-state index contributed by atoms with van der Waals surface area (Å²) in [6.07, 6.45) is 4.35. The number of H-pyrrole nitrogens is 1. The highest BCUT2D eigenvalue weighted by atomic mass is 16.5. The number of hydrogen-bond acceptors (Lipinski definition) is 5. The molecule has 0 bridgehead atoms. The topological polar surface area (TPSA) is 91.3 Å². The number of hydrogen-bond donors (Lipinski definition) is 2. The highest BCUT2D eigenvalue weighted by molar-refractivity contribution is 5.88. The van der Waals surface area contributed by atoms with E-state index in [0.717, 1.165) is 49.1 Å². The van der Waals surface area contributed by atoms with Crippen LogP contribution in [0.15, 0.2) is 43.0 Å². The van der Waals surface area contributed by atoms with Crippen LogP contribution >= 0.6 is 0 Å². The Morgan fingerprint density at radius 2 is 2.13 bits per heavy atom. The lowest BCUT2D eigenvalue weighted by molar-refractivity contribution is -0.125. The molecule has 0 radical (unpaired) electrons. The number of nitrogens with zero attached hydrogens (tertiary/aromatic N) is 3. The number of ether oxygens (including phenoxy) is 1. The fourth-order valence-corrected chi connectivity index (χ4v) is 4.91. The molecule has 7 heteroatoms. The van der Waals surface area contributed by atoms with Crippen LogP contribution in [0.2, 0.25) is 0 Å². The van der Waals surface area contributed by atoms with Crippen molar-refractivity contribution in [3.63, 3.8) is 0 Å². The van der Waals surface area contributed by atoms with E-state index in [0.29, 0.717) is 24.4 Å². The number of para-hydroxylation sites is 1. The number of carbonyl (C=O) groups is 1. The van der Waals surface area contributed by atoms with Crippen LogP contribution in [0.25, 0.3) is 22.3 Å². The molecule has 2 saturated heterocycles. The lowest BCUT2D eigenvalue weighted by Gasteiger charge is -2.24. The van der Waals surface area contributed by atoms with E-state index < -0.39 is 0 Å². The van der Waals surface area contributed by atoms with Crippen molar-refractivity contribution in [1.29, 1.82) is 0 Å². The minimum absolute atomic E-state index is 0.0252. The van der Waals surface area contributed by atoms with Gasteiger partial charge in [-0.15, -0.1) is 10.2 Å². The maximum atomic E-state index is 12.1. The summed E-state index contributed by atoms with van der Waals surface area (Å²) >= 11 is 0. The molecular weight excluding hydrogens is 392 g/mol. The number of amides is 1. The first-order valence-electron chi connectivity index (χ1n) is 10.8. The zero-order valence-electron chi connectivity index (χ0n) is 17.4. The minimum atomic E-state index is -0.0252. The summed E-state index contributed by atoms with van der Waals surface area (Å²) in [7, 11) is 0. The van der Waals surface area contributed by atoms with Gasteiger partial charge >= 0.3 is 0 Å². The molecule has 2 N–H and O–H groups in total. The van der Waals surface area contributed by atoms with E-state index in [9.17, 15) is 9.90 Å². The molecule has 4 heterocycles. The summed E-state index contributed by atoms with van der Waals surface area (Å²) in [4.78, 5) is 17.5. The van der Waals surface area contributed by atoms with E-state index in [1.165, 1.54) is 11.6 Å².